The van der Waals surface area contributed by atoms with E-state index in [4.69, 9.17) is 9.47 Å². The van der Waals surface area contributed by atoms with Crippen LogP contribution < -0.4 is 14.4 Å². The number of anilines is 1. The van der Waals surface area contributed by atoms with Crippen LogP contribution in [0.15, 0.2) is 47.4 Å². The highest BCUT2D eigenvalue weighted by molar-refractivity contribution is 7.89. The fraction of sp³-hybridized carbons (Fsp3) is 0.480. The molecule has 1 fully saturated rings. The number of aryl methyl sites for hydroxylation is 1. The number of hydrogen-bond donors (Lipinski definition) is 0. The van der Waals surface area contributed by atoms with Gasteiger partial charge in [-0.15, -0.1) is 0 Å². The summed E-state index contributed by atoms with van der Waals surface area (Å²) in [6, 6.07) is 13.0. The normalized spacial score (nSPS) is 21.8. The van der Waals surface area contributed by atoms with E-state index in [1.165, 1.54) is 9.87 Å². The first-order valence-electron chi connectivity index (χ1n) is 11.8. The second-order valence-corrected chi connectivity index (χ2v) is 11.0. The summed E-state index contributed by atoms with van der Waals surface area (Å²) in [5.41, 5.74) is 2.21. The molecular weight excluding hydrogens is 440 g/mol. The Kier molecular flexibility index (Phi) is 6.05. The Balaban J connectivity index is 1.29. The van der Waals surface area contributed by atoms with Crippen LogP contribution in [0.3, 0.4) is 0 Å². The average Bonchev–Trinajstić information content (AvgIpc) is 3.08. The summed E-state index contributed by atoms with van der Waals surface area (Å²) in [7, 11) is -3.67. The number of amides is 1. The van der Waals surface area contributed by atoms with Gasteiger partial charge in [0.15, 0.2) is 11.5 Å². The Morgan fingerprint density at radius 2 is 1.70 bits per heavy atom. The summed E-state index contributed by atoms with van der Waals surface area (Å²) >= 11 is 0. The average molecular weight is 471 g/mol. The molecule has 176 valence electrons. The maximum Gasteiger partial charge on any atom is 0.243 e. The van der Waals surface area contributed by atoms with Gasteiger partial charge in [0.25, 0.3) is 0 Å². The monoisotopic (exact) mass is 470 g/mol. The molecule has 0 spiro atoms. The van der Waals surface area contributed by atoms with Crippen LogP contribution in [0.2, 0.25) is 0 Å². The molecule has 33 heavy (non-hydrogen) atoms. The second-order valence-electron chi connectivity index (χ2n) is 9.06. The lowest BCUT2D eigenvalue weighted by atomic mass is 9.91. The molecule has 8 heteroatoms. The van der Waals surface area contributed by atoms with Crippen LogP contribution in [-0.2, 0) is 21.2 Å². The number of sulfonamides is 1. The zero-order valence-electron chi connectivity index (χ0n) is 18.9. The lowest BCUT2D eigenvalue weighted by molar-refractivity contribution is -0.124. The largest absolute Gasteiger partial charge is 0.490 e. The fourth-order valence-electron chi connectivity index (χ4n) is 5.02. The van der Waals surface area contributed by atoms with Crippen molar-refractivity contribution in [2.24, 2.45) is 5.92 Å². The van der Waals surface area contributed by atoms with Crippen molar-refractivity contribution in [3.05, 3.63) is 48.0 Å². The number of ether oxygens (including phenoxy) is 2. The van der Waals surface area contributed by atoms with E-state index in [1.54, 1.807) is 18.2 Å². The number of para-hydroxylation sites is 1. The van der Waals surface area contributed by atoms with E-state index >= 15 is 0 Å². The number of benzene rings is 2. The Morgan fingerprint density at radius 1 is 0.970 bits per heavy atom. The molecule has 1 amide bonds. The third kappa shape index (κ3) is 4.22. The standard InChI is InChI=1S/C25H30N2O5S/c1-18-7-8-19-5-2-3-6-22(19)27(18)25(28)20-11-13-26(14-12-20)33(29,30)21-9-10-23-24(17-21)32-16-4-15-31-23/h2-3,5-6,9-10,17-18,20H,4,7-8,11-16H2,1H3/t18-/m1/s1. The first kappa shape index (κ1) is 22.2. The molecule has 0 saturated carbocycles. The van der Waals surface area contributed by atoms with Gasteiger partial charge < -0.3 is 14.4 Å². The van der Waals surface area contributed by atoms with Crippen LogP contribution in [0.1, 0.15) is 38.2 Å². The molecule has 0 radical (unpaired) electrons. The second kappa shape index (κ2) is 8.99. The minimum Gasteiger partial charge on any atom is -0.490 e. The summed E-state index contributed by atoms with van der Waals surface area (Å²) < 4.78 is 39.3. The Bertz CT molecular complexity index is 1140. The van der Waals surface area contributed by atoms with Gasteiger partial charge in [0.1, 0.15) is 0 Å². The topological polar surface area (TPSA) is 76.2 Å². The molecule has 7 nitrogen and oxygen atoms in total. The van der Waals surface area contributed by atoms with Gasteiger partial charge in [-0.3, -0.25) is 4.79 Å². The molecule has 1 saturated heterocycles. The first-order chi connectivity index (χ1) is 15.9. The van der Waals surface area contributed by atoms with Crippen molar-refractivity contribution in [3.8, 4) is 11.5 Å². The summed E-state index contributed by atoms with van der Waals surface area (Å²) in [5.74, 6) is 0.985. The SMILES string of the molecule is C[C@@H]1CCc2ccccc2N1C(=O)C1CCN(S(=O)(=O)c2ccc3c(c2)OCCCO3)CC1. The van der Waals surface area contributed by atoms with Crippen molar-refractivity contribution in [2.45, 2.75) is 50.0 Å². The van der Waals surface area contributed by atoms with Gasteiger partial charge in [-0.2, -0.15) is 4.31 Å². The molecule has 0 bridgehead atoms. The number of rotatable bonds is 3. The minimum atomic E-state index is -3.67. The lowest BCUT2D eigenvalue weighted by Gasteiger charge is -2.39. The Labute approximate surface area is 195 Å². The molecule has 0 aromatic heterocycles. The van der Waals surface area contributed by atoms with Crippen LogP contribution >= 0.6 is 0 Å². The Hall–Kier alpha value is -2.58. The molecule has 2 aromatic carbocycles. The van der Waals surface area contributed by atoms with Crippen LogP contribution in [0.25, 0.3) is 0 Å². The zero-order valence-corrected chi connectivity index (χ0v) is 19.7. The highest BCUT2D eigenvalue weighted by atomic mass is 32.2. The summed E-state index contributed by atoms with van der Waals surface area (Å²) in [6.07, 6.45) is 3.73. The van der Waals surface area contributed by atoms with E-state index < -0.39 is 10.0 Å². The molecule has 0 aliphatic carbocycles. The van der Waals surface area contributed by atoms with Gasteiger partial charge in [0.2, 0.25) is 15.9 Å². The van der Waals surface area contributed by atoms with Crippen LogP contribution in [-0.4, -0.2) is 51.0 Å². The highest BCUT2D eigenvalue weighted by Crippen LogP contribution is 2.36. The quantitative estimate of drug-likeness (QED) is 0.685. The third-order valence-electron chi connectivity index (χ3n) is 6.92. The molecule has 2 aromatic rings. The van der Waals surface area contributed by atoms with E-state index in [1.807, 2.05) is 23.1 Å². The van der Waals surface area contributed by atoms with Crippen molar-refractivity contribution in [2.75, 3.05) is 31.2 Å². The number of hydrogen-bond acceptors (Lipinski definition) is 5. The number of nitrogens with zero attached hydrogens (tertiary/aromatic N) is 2. The van der Waals surface area contributed by atoms with Gasteiger partial charge in [-0.1, -0.05) is 18.2 Å². The number of piperidine rings is 1. The maximum absolute atomic E-state index is 13.5. The van der Waals surface area contributed by atoms with E-state index in [2.05, 4.69) is 13.0 Å². The lowest BCUT2D eigenvalue weighted by Crippen LogP contribution is -2.48. The predicted octanol–water partition coefficient (Wildman–Crippen LogP) is 3.62. The van der Waals surface area contributed by atoms with Gasteiger partial charge >= 0.3 is 0 Å². The van der Waals surface area contributed by atoms with Crippen molar-refractivity contribution < 1.29 is 22.7 Å². The predicted molar refractivity (Wildman–Crippen MR) is 125 cm³/mol. The van der Waals surface area contributed by atoms with Gasteiger partial charge in [-0.25, -0.2) is 8.42 Å². The van der Waals surface area contributed by atoms with Crippen molar-refractivity contribution in [1.29, 1.82) is 0 Å². The fourth-order valence-corrected chi connectivity index (χ4v) is 6.50. The smallest absolute Gasteiger partial charge is 0.243 e. The number of carbonyl (C=O) groups is 1. The van der Waals surface area contributed by atoms with E-state index in [9.17, 15) is 13.2 Å². The summed E-state index contributed by atoms with van der Waals surface area (Å²) in [5, 5.41) is 0. The molecule has 0 unspecified atom stereocenters. The molecule has 0 N–H and O–H groups in total. The number of carbonyl (C=O) groups excluding carboxylic acids is 1. The van der Waals surface area contributed by atoms with E-state index in [0.29, 0.717) is 50.6 Å². The van der Waals surface area contributed by atoms with E-state index in [-0.39, 0.29) is 22.8 Å². The minimum absolute atomic E-state index is 0.113. The highest BCUT2D eigenvalue weighted by Gasteiger charge is 2.37. The molecule has 5 rings (SSSR count). The van der Waals surface area contributed by atoms with Crippen molar-refractivity contribution in [1.82, 2.24) is 4.31 Å². The molecule has 3 aliphatic heterocycles. The van der Waals surface area contributed by atoms with Crippen LogP contribution in [0.4, 0.5) is 5.69 Å². The summed E-state index contributed by atoms with van der Waals surface area (Å²) in [6.45, 7) is 3.81. The van der Waals surface area contributed by atoms with Gasteiger partial charge in [0.05, 0.1) is 18.1 Å². The third-order valence-corrected chi connectivity index (χ3v) is 8.82. The molecule has 1 atom stereocenters. The van der Waals surface area contributed by atoms with E-state index in [0.717, 1.165) is 24.9 Å². The molecule has 3 aliphatic rings. The summed E-state index contributed by atoms with van der Waals surface area (Å²) in [4.78, 5) is 15.6. The maximum atomic E-state index is 13.5. The van der Waals surface area contributed by atoms with Gasteiger partial charge in [-0.05, 0) is 56.4 Å². The van der Waals surface area contributed by atoms with Crippen molar-refractivity contribution in [3.63, 3.8) is 0 Å². The Morgan fingerprint density at radius 3 is 2.48 bits per heavy atom. The van der Waals surface area contributed by atoms with Gasteiger partial charge in [0, 0.05) is 43.2 Å². The van der Waals surface area contributed by atoms with Crippen LogP contribution in [0.5, 0.6) is 11.5 Å². The van der Waals surface area contributed by atoms with Crippen molar-refractivity contribution >= 4 is 21.6 Å². The number of fused-ring (bicyclic) bond motifs is 2. The first-order valence-corrected chi connectivity index (χ1v) is 13.2. The van der Waals surface area contributed by atoms with Crippen LogP contribution in [0, 0.1) is 5.92 Å². The molecule has 3 heterocycles. The molecular formula is C25H30N2O5S. The zero-order chi connectivity index (χ0) is 23.0.